The predicted molar refractivity (Wildman–Crippen MR) is 86.8 cm³/mol. The highest BCUT2D eigenvalue weighted by molar-refractivity contribution is 6.32. The smallest absolute Gasteiger partial charge is 0.301 e. The van der Waals surface area contributed by atoms with Crippen molar-refractivity contribution in [3.8, 4) is 0 Å². The number of alkyl halides is 3. The molecule has 0 aromatic heterocycles. The zero-order valence-electron chi connectivity index (χ0n) is 12.6. The minimum absolute atomic E-state index is 0.00812. The van der Waals surface area contributed by atoms with Crippen molar-refractivity contribution in [3.05, 3.63) is 64.4 Å². The molecule has 0 saturated heterocycles. The van der Waals surface area contributed by atoms with E-state index < -0.39 is 31.0 Å². The number of nitrogens with zero attached hydrogens (tertiary/aromatic N) is 2. The second-order valence-electron chi connectivity index (χ2n) is 5.40. The number of carbonyl (C=O) groups excluding carboxylic acids is 1. The molecule has 0 aliphatic carbocycles. The molecule has 2 aromatic rings. The van der Waals surface area contributed by atoms with Crippen LogP contribution in [0.1, 0.15) is 11.1 Å². The van der Waals surface area contributed by atoms with Gasteiger partial charge in [-0.2, -0.15) is 13.2 Å². The third-order valence-corrected chi connectivity index (χ3v) is 3.88. The van der Waals surface area contributed by atoms with E-state index in [1.807, 2.05) is 0 Å². The van der Waals surface area contributed by atoms with Gasteiger partial charge in [-0.3, -0.25) is 9.79 Å². The summed E-state index contributed by atoms with van der Waals surface area (Å²) in [6, 6.07) is 9.78. The molecule has 0 atom stereocenters. The summed E-state index contributed by atoms with van der Waals surface area (Å²) in [5.41, 5.74) is 0.347. The molecule has 0 N–H and O–H groups in total. The quantitative estimate of drug-likeness (QED) is 0.729. The monoisotopic (exact) mass is 369 g/mol. The zero-order valence-corrected chi connectivity index (χ0v) is 13.4. The molecule has 25 heavy (non-hydrogen) atoms. The van der Waals surface area contributed by atoms with Gasteiger partial charge in [0.1, 0.15) is 18.9 Å². The van der Waals surface area contributed by atoms with E-state index in [4.69, 9.17) is 11.6 Å². The topological polar surface area (TPSA) is 32.7 Å². The number of aliphatic imine (C=N–C) groups is 1. The maximum Gasteiger partial charge on any atom is 0.406 e. The molecule has 0 fully saturated rings. The molecule has 1 aliphatic rings. The number of fused-ring (bicyclic) bond motifs is 1. The Morgan fingerprint density at radius 1 is 1.12 bits per heavy atom. The van der Waals surface area contributed by atoms with Gasteiger partial charge in [0.25, 0.3) is 0 Å². The highest BCUT2D eigenvalue weighted by atomic mass is 35.5. The minimum atomic E-state index is -4.59. The Morgan fingerprint density at radius 3 is 2.52 bits per heavy atom. The van der Waals surface area contributed by atoms with Crippen LogP contribution in [-0.2, 0) is 4.79 Å². The van der Waals surface area contributed by atoms with Crippen LogP contribution in [0.15, 0.2) is 47.5 Å². The predicted octanol–water partition coefficient (Wildman–Crippen LogP) is 4.23. The first kappa shape index (κ1) is 17.4. The normalized spacial score (nSPS) is 14.8. The van der Waals surface area contributed by atoms with Crippen LogP contribution in [0.2, 0.25) is 5.02 Å². The molecule has 0 spiro atoms. The number of hydrogen-bond donors (Lipinski definition) is 0. The van der Waals surface area contributed by atoms with Crippen LogP contribution in [0.4, 0.5) is 23.2 Å². The first-order valence-corrected chi connectivity index (χ1v) is 7.60. The van der Waals surface area contributed by atoms with Gasteiger partial charge in [-0.05, 0) is 30.3 Å². The van der Waals surface area contributed by atoms with Crippen LogP contribution in [0.5, 0.6) is 0 Å². The highest BCUT2D eigenvalue weighted by Gasteiger charge is 2.36. The summed E-state index contributed by atoms with van der Waals surface area (Å²) >= 11 is 5.97. The van der Waals surface area contributed by atoms with E-state index in [-0.39, 0.29) is 27.5 Å². The van der Waals surface area contributed by atoms with Gasteiger partial charge in [-0.25, -0.2) is 4.39 Å². The average Bonchev–Trinajstić information content (AvgIpc) is 2.65. The molecule has 1 aliphatic heterocycles. The van der Waals surface area contributed by atoms with Crippen LogP contribution in [0.25, 0.3) is 0 Å². The fourth-order valence-corrected chi connectivity index (χ4v) is 2.79. The van der Waals surface area contributed by atoms with E-state index in [2.05, 4.69) is 4.99 Å². The third-order valence-electron chi connectivity index (χ3n) is 3.64. The number of amides is 1. The second-order valence-corrected chi connectivity index (χ2v) is 5.84. The Morgan fingerprint density at radius 2 is 1.84 bits per heavy atom. The van der Waals surface area contributed by atoms with Crippen LogP contribution in [-0.4, -0.2) is 30.9 Å². The largest absolute Gasteiger partial charge is 0.406 e. The molecule has 1 heterocycles. The van der Waals surface area contributed by atoms with E-state index in [0.717, 1.165) is 0 Å². The molecule has 3 nitrogen and oxygen atoms in total. The molecule has 0 unspecified atom stereocenters. The molecule has 2 aromatic carbocycles. The summed E-state index contributed by atoms with van der Waals surface area (Å²) in [5.74, 6) is -1.42. The summed E-state index contributed by atoms with van der Waals surface area (Å²) in [5, 5.41) is 0.240. The summed E-state index contributed by atoms with van der Waals surface area (Å²) in [6.07, 6.45) is -4.59. The third kappa shape index (κ3) is 3.66. The lowest BCUT2D eigenvalue weighted by Gasteiger charge is -2.24. The molecule has 3 rings (SSSR count). The summed E-state index contributed by atoms with van der Waals surface area (Å²) in [7, 11) is 0. The molecule has 0 bridgehead atoms. The fourth-order valence-electron chi connectivity index (χ4n) is 2.62. The maximum absolute atomic E-state index is 14.2. The van der Waals surface area contributed by atoms with Crippen molar-refractivity contribution < 1.29 is 22.4 Å². The summed E-state index contributed by atoms with van der Waals surface area (Å²) in [4.78, 5) is 16.9. The van der Waals surface area contributed by atoms with Crippen LogP contribution < -0.4 is 4.90 Å². The standard InChI is InChI=1S/C17H11ClF4N2O/c18-10-5-6-14-12(7-10)16(11-3-1-2-4-13(11)19)23-8-15(25)24(14)9-17(20,21)22/h1-7H,8-9H2/i19-1. The van der Waals surface area contributed by atoms with Crippen molar-refractivity contribution in [2.24, 2.45) is 4.99 Å². The van der Waals surface area contributed by atoms with Crippen molar-refractivity contribution >= 4 is 28.9 Å². The number of hydrogen-bond acceptors (Lipinski definition) is 2. The molecular weight excluding hydrogens is 359 g/mol. The molecular formula is C17H11ClF4N2O. The average molecular weight is 370 g/mol. The zero-order chi connectivity index (χ0) is 18.2. The Hall–Kier alpha value is -2.41. The van der Waals surface area contributed by atoms with E-state index in [1.165, 1.54) is 36.4 Å². The lowest BCUT2D eigenvalue weighted by atomic mass is 9.99. The second kappa shape index (κ2) is 6.48. The van der Waals surface area contributed by atoms with Gasteiger partial charge in [-0.1, -0.05) is 23.7 Å². The Labute approximate surface area is 145 Å². The van der Waals surface area contributed by atoms with E-state index in [9.17, 15) is 22.4 Å². The van der Waals surface area contributed by atoms with Gasteiger partial charge in [-0.15, -0.1) is 0 Å². The lowest BCUT2D eigenvalue weighted by molar-refractivity contribution is -0.131. The first-order chi connectivity index (χ1) is 11.8. The Kier molecular flexibility index (Phi) is 4.51. The SMILES string of the molecule is O=C1CN=C(c2ccccc2[18F])c2cc(Cl)ccc2N1CC(F)(F)F. The Balaban J connectivity index is 2.19. The summed E-state index contributed by atoms with van der Waals surface area (Å²) in [6.45, 7) is -1.98. The lowest BCUT2D eigenvalue weighted by Crippen LogP contribution is -2.40. The number of benzodiazepines with no additional fused rings is 1. The van der Waals surface area contributed by atoms with Crippen molar-refractivity contribution in [1.29, 1.82) is 0 Å². The molecule has 0 radical (unpaired) electrons. The fraction of sp³-hybridized carbons (Fsp3) is 0.176. The number of anilines is 1. The van der Waals surface area contributed by atoms with Crippen molar-refractivity contribution in [2.75, 3.05) is 18.0 Å². The number of carbonyl (C=O) groups is 1. The van der Waals surface area contributed by atoms with Crippen LogP contribution in [0, 0.1) is 5.82 Å². The van der Waals surface area contributed by atoms with Gasteiger partial charge >= 0.3 is 6.18 Å². The molecule has 8 heteroatoms. The van der Waals surface area contributed by atoms with Crippen LogP contribution in [0.3, 0.4) is 0 Å². The molecule has 1 amide bonds. The number of halogens is 5. The Bertz CT molecular complexity index is 864. The molecule has 0 saturated carbocycles. The van der Waals surface area contributed by atoms with Crippen molar-refractivity contribution in [1.82, 2.24) is 0 Å². The number of benzene rings is 2. The molecule has 130 valence electrons. The van der Waals surface area contributed by atoms with Gasteiger partial charge in [0.05, 0.1) is 11.4 Å². The van der Waals surface area contributed by atoms with Gasteiger partial charge in [0, 0.05) is 16.1 Å². The van der Waals surface area contributed by atoms with E-state index in [0.29, 0.717) is 4.90 Å². The number of rotatable bonds is 2. The van der Waals surface area contributed by atoms with E-state index in [1.54, 1.807) is 6.07 Å². The van der Waals surface area contributed by atoms with Crippen molar-refractivity contribution in [3.63, 3.8) is 0 Å². The van der Waals surface area contributed by atoms with Gasteiger partial charge in [0.15, 0.2) is 0 Å². The maximum atomic E-state index is 14.2. The van der Waals surface area contributed by atoms with Crippen LogP contribution >= 0.6 is 11.6 Å². The van der Waals surface area contributed by atoms with Gasteiger partial charge < -0.3 is 4.90 Å². The van der Waals surface area contributed by atoms with Crippen molar-refractivity contribution in [2.45, 2.75) is 6.18 Å². The van der Waals surface area contributed by atoms with Gasteiger partial charge in [0.2, 0.25) is 5.91 Å². The van der Waals surface area contributed by atoms with E-state index >= 15 is 0 Å². The first-order valence-electron chi connectivity index (χ1n) is 7.22. The highest BCUT2D eigenvalue weighted by Crippen LogP contribution is 2.32. The minimum Gasteiger partial charge on any atom is -0.301 e. The summed E-state index contributed by atoms with van der Waals surface area (Å²) < 4.78 is 52.8.